The molecule has 0 saturated heterocycles. The molecule has 4 aromatic heterocycles. The standard InChI is InChI=1S/C20H22N6O2/c1-27-8-9-28-16-10-15(11-16)23-20-22-12-18-17(4-6-26(18)24-20)14-2-3-19-21-5-7-25(19)13-14/h2-7,12-13,15-16H,8-11H2,1H3,(H,23,24)/t15-,16-. The minimum absolute atomic E-state index is 0.299. The van der Waals surface area contributed by atoms with Crippen molar-refractivity contribution in [1.82, 2.24) is 24.0 Å². The summed E-state index contributed by atoms with van der Waals surface area (Å²) < 4.78 is 14.6. The van der Waals surface area contributed by atoms with Crippen LogP contribution in [0.4, 0.5) is 5.95 Å². The fraction of sp³-hybridized carbons (Fsp3) is 0.350. The third kappa shape index (κ3) is 3.21. The Morgan fingerprint density at radius 3 is 2.96 bits per heavy atom. The lowest BCUT2D eigenvalue weighted by atomic mass is 9.89. The lowest BCUT2D eigenvalue weighted by Crippen LogP contribution is -2.41. The fourth-order valence-corrected chi connectivity index (χ4v) is 3.59. The Kier molecular flexibility index (Phi) is 4.42. The van der Waals surface area contributed by atoms with E-state index < -0.39 is 0 Å². The molecular formula is C20H22N6O2. The molecule has 0 atom stereocenters. The van der Waals surface area contributed by atoms with Gasteiger partial charge in [0.1, 0.15) is 5.65 Å². The maximum atomic E-state index is 5.72. The number of aromatic nitrogens is 5. The Hall–Kier alpha value is -2.97. The van der Waals surface area contributed by atoms with Crippen LogP contribution < -0.4 is 5.32 Å². The van der Waals surface area contributed by atoms with Gasteiger partial charge in [-0.05, 0) is 31.0 Å². The summed E-state index contributed by atoms with van der Waals surface area (Å²) in [6, 6.07) is 6.50. The zero-order chi connectivity index (χ0) is 18.9. The SMILES string of the molecule is COCCO[C@H]1C[C@H](Nc2ncc3c(-c4ccc5nccn5c4)ccn3n2)C1. The predicted molar refractivity (Wildman–Crippen MR) is 105 cm³/mol. The molecule has 4 heterocycles. The maximum absolute atomic E-state index is 5.72. The third-order valence-corrected chi connectivity index (χ3v) is 5.19. The first-order valence-electron chi connectivity index (χ1n) is 9.45. The van der Waals surface area contributed by atoms with E-state index in [4.69, 9.17) is 9.47 Å². The molecule has 1 aliphatic carbocycles. The van der Waals surface area contributed by atoms with Gasteiger partial charge in [0.2, 0.25) is 5.95 Å². The third-order valence-electron chi connectivity index (χ3n) is 5.19. The van der Waals surface area contributed by atoms with Gasteiger partial charge in [0, 0.05) is 49.1 Å². The highest BCUT2D eigenvalue weighted by atomic mass is 16.5. The van der Waals surface area contributed by atoms with Gasteiger partial charge in [-0.3, -0.25) is 0 Å². The molecule has 1 saturated carbocycles. The van der Waals surface area contributed by atoms with Crippen LogP contribution in [0.5, 0.6) is 0 Å². The van der Waals surface area contributed by atoms with Crippen LogP contribution in [0.25, 0.3) is 22.3 Å². The molecule has 0 unspecified atom stereocenters. The molecule has 4 aromatic rings. The molecule has 0 bridgehead atoms. The molecule has 1 aliphatic rings. The average molecular weight is 378 g/mol. The Labute approximate surface area is 162 Å². The van der Waals surface area contributed by atoms with Crippen molar-refractivity contribution in [1.29, 1.82) is 0 Å². The van der Waals surface area contributed by atoms with Gasteiger partial charge >= 0.3 is 0 Å². The molecule has 0 amide bonds. The average Bonchev–Trinajstić information content (AvgIpc) is 3.31. The zero-order valence-corrected chi connectivity index (χ0v) is 15.7. The number of pyridine rings is 1. The largest absolute Gasteiger partial charge is 0.382 e. The maximum Gasteiger partial charge on any atom is 0.241 e. The number of imidazole rings is 1. The molecule has 1 N–H and O–H groups in total. The second-order valence-corrected chi connectivity index (χ2v) is 7.05. The molecule has 1 fully saturated rings. The summed E-state index contributed by atoms with van der Waals surface area (Å²) in [7, 11) is 1.69. The monoisotopic (exact) mass is 378 g/mol. The van der Waals surface area contributed by atoms with Crippen LogP contribution >= 0.6 is 0 Å². The minimum Gasteiger partial charge on any atom is -0.382 e. The van der Waals surface area contributed by atoms with Gasteiger partial charge in [-0.25, -0.2) is 14.5 Å². The number of anilines is 1. The predicted octanol–water partition coefficient (Wildman–Crippen LogP) is 2.65. The van der Waals surface area contributed by atoms with Crippen molar-refractivity contribution in [3.63, 3.8) is 0 Å². The number of hydrogen-bond donors (Lipinski definition) is 1. The highest BCUT2D eigenvalue weighted by molar-refractivity contribution is 5.80. The summed E-state index contributed by atoms with van der Waals surface area (Å²) in [4.78, 5) is 8.81. The number of rotatable bonds is 7. The minimum atomic E-state index is 0.299. The van der Waals surface area contributed by atoms with Gasteiger partial charge in [0.25, 0.3) is 0 Å². The van der Waals surface area contributed by atoms with Crippen molar-refractivity contribution in [2.45, 2.75) is 25.0 Å². The molecule has 0 aliphatic heterocycles. The van der Waals surface area contributed by atoms with Crippen molar-refractivity contribution in [3.8, 4) is 11.1 Å². The van der Waals surface area contributed by atoms with Crippen LogP contribution in [0.3, 0.4) is 0 Å². The molecule has 144 valence electrons. The van der Waals surface area contributed by atoms with E-state index in [-0.39, 0.29) is 0 Å². The van der Waals surface area contributed by atoms with Crippen molar-refractivity contribution in [3.05, 3.63) is 49.2 Å². The molecule has 8 heteroatoms. The quantitative estimate of drug-likeness (QED) is 0.498. The van der Waals surface area contributed by atoms with E-state index in [2.05, 4.69) is 38.7 Å². The summed E-state index contributed by atoms with van der Waals surface area (Å²) in [6.07, 6.45) is 11.9. The van der Waals surface area contributed by atoms with Gasteiger partial charge in [-0.1, -0.05) is 0 Å². The smallest absolute Gasteiger partial charge is 0.241 e. The number of hydrogen-bond acceptors (Lipinski definition) is 6. The fourth-order valence-electron chi connectivity index (χ4n) is 3.59. The molecule has 0 spiro atoms. The molecule has 5 rings (SSSR count). The van der Waals surface area contributed by atoms with Gasteiger partial charge in [-0.15, -0.1) is 5.10 Å². The zero-order valence-electron chi connectivity index (χ0n) is 15.7. The van der Waals surface area contributed by atoms with Crippen LogP contribution in [-0.2, 0) is 9.47 Å². The van der Waals surface area contributed by atoms with Crippen LogP contribution in [0.1, 0.15) is 12.8 Å². The first-order chi connectivity index (χ1) is 13.8. The summed E-state index contributed by atoms with van der Waals surface area (Å²) in [5, 5.41) is 8.00. The van der Waals surface area contributed by atoms with Crippen molar-refractivity contribution >= 4 is 17.1 Å². The highest BCUT2D eigenvalue weighted by Crippen LogP contribution is 2.28. The normalized spacial score (nSPS) is 19.2. The first-order valence-corrected chi connectivity index (χ1v) is 9.45. The number of nitrogens with zero attached hydrogens (tertiary/aromatic N) is 5. The topological polar surface area (TPSA) is 78.0 Å². The van der Waals surface area contributed by atoms with Crippen molar-refractivity contribution < 1.29 is 9.47 Å². The van der Waals surface area contributed by atoms with E-state index in [1.807, 2.05) is 33.6 Å². The lowest BCUT2D eigenvalue weighted by Gasteiger charge is -2.35. The summed E-state index contributed by atoms with van der Waals surface area (Å²) in [6.45, 7) is 1.28. The molecule has 8 nitrogen and oxygen atoms in total. The Morgan fingerprint density at radius 2 is 2.07 bits per heavy atom. The Bertz CT molecular complexity index is 1100. The summed E-state index contributed by atoms with van der Waals surface area (Å²) >= 11 is 0. The van der Waals surface area contributed by atoms with E-state index in [9.17, 15) is 0 Å². The Balaban J connectivity index is 1.29. The van der Waals surface area contributed by atoms with E-state index >= 15 is 0 Å². The second kappa shape index (κ2) is 7.21. The van der Waals surface area contributed by atoms with Crippen LogP contribution in [0.2, 0.25) is 0 Å². The van der Waals surface area contributed by atoms with E-state index in [0.29, 0.717) is 31.3 Å². The van der Waals surface area contributed by atoms with E-state index in [0.717, 1.165) is 35.1 Å². The number of nitrogens with one attached hydrogen (secondary N) is 1. The number of ether oxygens (including phenoxy) is 2. The van der Waals surface area contributed by atoms with E-state index in [1.165, 1.54) is 0 Å². The molecular weight excluding hydrogens is 356 g/mol. The second-order valence-electron chi connectivity index (χ2n) is 7.05. The van der Waals surface area contributed by atoms with Crippen LogP contribution in [0.15, 0.2) is 49.2 Å². The van der Waals surface area contributed by atoms with E-state index in [1.54, 1.807) is 13.3 Å². The van der Waals surface area contributed by atoms with Gasteiger partial charge in [-0.2, -0.15) is 0 Å². The molecule has 28 heavy (non-hydrogen) atoms. The lowest BCUT2D eigenvalue weighted by molar-refractivity contribution is -0.0261. The molecule has 0 radical (unpaired) electrons. The van der Waals surface area contributed by atoms with Gasteiger partial charge in [0.15, 0.2) is 0 Å². The number of fused-ring (bicyclic) bond motifs is 2. The summed E-state index contributed by atoms with van der Waals surface area (Å²) in [5.41, 5.74) is 4.10. The summed E-state index contributed by atoms with van der Waals surface area (Å²) in [5.74, 6) is 0.639. The number of methoxy groups -OCH3 is 1. The van der Waals surface area contributed by atoms with Gasteiger partial charge in [0.05, 0.1) is 31.0 Å². The molecule has 0 aromatic carbocycles. The Morgan fingerprint density at radius 1 is 1.14 bits per heavy atom. The van der Waals surface area contributed by atoms with Crippen molar-refractivity contribution in [2.75, 3.05) is 25.6 Å². The van der Waals surface area contributed by atoms with Gasteiger partial charge < -0.3 is 19.2 Å². The van der Waals surface area contributed by atoms with Crippen LogP contribution in [0, 0.1) is 0 Å². The highest BCUT2D eigenvalue weighted by Gasteiger charge is 2.30. The van der Waals surface area contributed by atoms with Crippen LogP contribution in [-0.4, -0.2) is 56.5 Å². The van der Waals surface area contributed by atoms with Crippen molar-refractivity contribution in [2.24, 2.45) is 0 Å². The first kappa shape index (κ1) is 17.2.